The second-order valence-corrected chi connectivity index (χ2v) is 6.21. The van der Waals surface area contributed by atoms with Gasteiger partial charge in [-0.15, -0.1) is 0 Å². The third kappa shape index (κ3) is 6.26. The lowest BCUT2D eigenvalue weighted by molar-refractivity contribution is 0.511. The summed E-state index contributed by atoms with van der Waals surface area (Å²) < 4.78 is 0. The second kappa shape index (κ2) is 7.34. The van der Waals surface area contributed by atoms with Crippen molar-refractivity contribution in [3.8, 4) is 0 Å². The van der Waals surface area contributed by atoms with E-state index in [1.807, 2.05) is 0 Å². The summed E-state index contributed by atoms with van der Waals surface area (Å²) in [4.78, 5) is 0. The Bertz CT molecular complexity index is 191. The minimum absolute atomic E-state index is 0.668. The lowest BCUT2D eigenvalue weighted by Gasteiger charge is -2.16. The van der Waals surface area contributed by atoms with Gasteiger partial charge in [-0.05, 0) is 52.2 Å². The fourth-order valence-electron chi connectivity index (χ4n) is 1.86. The maximum absolute atomic E-state index is 3.65. The molecule has 0 saturated carbocycles. The molecule has 0 aromatic rings. The van der Waals surface area contributed by atoms with E-state index in [2.05, 4.69) is 43.9 Å². The highest BCUT2D eigenvalue weighted by Crippen LogP contribution is 2.25. The normalized spacial score (nSPS) is 22.7. The van der Waals surface area contributed by atoms with Crippen molar-refractivity contribution in [2.45, 2.75) is 57.7 Å². The molecule has 2 atom stereocenters. The molecule has 1 N–H and O–H groups in total. The van der Waals surface area contributed by atoms with Crippen molar-refractivity contribution < 1.29 is 0 Å². The smallest absolute Gasteiger partial charge is 0.0172 e. The first-order valence-corrected chi connectivity index (χ1v) is 7.21. The van der Waals surface area contributed by atoms with Gasteiger partial charge < -0.3 is 5.32 Å². The summed E-state index contributed by atoms with van der Waals surface area (Å²) in [6.45, 7) is 7.86. The van der Waals surface area contributed by atoms with Crippen LogP contribution in [0.25, 0.3) is 0 Å². The number of allylic oxidation sites excluding steroid dienone is 2. The molecule has 2 unspecified atom stereocenters. The second-order valence-electron chi connectivity index (χ2n) is 4.80. The molecule has 1 nitrogen and oxygen atoms in total. The van der Waals surface area contributed by atoms with E-state index in [0.717, 1.165) is 5.25 Å². The maximum Gasteiger partial charge on any atom is 0.0172 e. The van der Waals surface area contributed by atoms with Crippen LogP contribution in [0.4, 0.5) is 0 Å². The first-order valence-electron chi connectivity index (χ1n) is 6.17. The van der Waals surface area contributed by atoms with Gasteiger partial charge in [0.2, 0.25) is 0 Å². The summed E-state index contributed by atoms with van der Waals surface area (Å²) in [6, 6.07) is 0.668. The van der Waals surface area contributed by atoms with Gasteiger partial charge in [-0.25, -0.2) is 0 Å². The van der Waals surface area contributed by atoms with Gasteiger partial charge in [0.1, 0.15) is 0 Å². The Hall–Kier alpha value is 0.0500. The van der Waals surface area contributed by atoms with E-state index in [0.29, 0.717) is 6.04 Å². The average Bonchev–Trinajstić information content (AvgIpc) is 2.66. The van der Waals surface area contributed by atoms with E-state index in [-0.39, 0.29) is 0 Å². The van der Waals surface area contributed by atoms with E-state index >= 15 is 0 Å². The quantitative estimate of drug-likeness (QED) is 0.696. The Morgan fingerprint density at radius 1 is 1.53 bits per heavy atom. The zero-order chi connectivity index (χ0) is 11.1. The number of nitrogens with one attached hydrogen (secondary N) is 1. The third-order valence-corrected chi connectivity index (χ3v) is 4.27. The first-order chi connectivity index (χ1) is 7.18. The lowest BCUT2D eigenvalue weighted by Crippen LogP contribution is -2.31. The van der Waals surface area contributed by atoms with Crippen molar-refractivity contribution in [2.75, 3.05) is 12.3 Å². The van der Waals surface area contributed by atoms with Gasteiger partial charge >= 0.3 is 0 Å². The lowest BCUT2D eigenvalue weighted by atomic mass is 10.1. The molecule has 0 amide bonds. The molecule has 0 radical (unpaired) electrons. The summed E-state index contributed by atoms with van der Waals surface area (Å²) in [5, 5.41) is 4.53. The van der Waals surface area contributed by atoms with Gasteiger partial charge in [-0.1, -0.05) is 11.6 Å². The van der Waals surface area contributed by atoms with Gasteiger partial charge in [0.05, 0.1) is 0 Å². The van der Waals surface area contributed by atoms with Crippen LogP contribution in [-0.4, -0.2) is 23.6 Å². The first kappa shape index (κ1) is 13.1. The molecule has 88 valence electrons. The van der Waals surface area contributed by atoms with E-state index in [1.165, 1.54) is 43.6 Å². The van der Waals surface area contributed by atoms with Crippen molar-refractivity contribution in [1.29, 1.82) is 0 Å². The standard InChI is InChI=1S/C13H25NS/c1-11(2)6-4-7-12(3)14-10-13-8-5-9-15-13/h6,12-14H,4-5,7-10H2,1-3H3. The SMILES string of the molecule is CC(C)=CCCC(C)NCC1CCCS1. The molecule has 0 bridgehead atoms. The van der Waals surface area contributed by atoms with Crippen molar-refractivity contribution in [3.05, 3.63) is 11.6 Å². The fourth-order valence-corrected chi connectivity index (χ4v) is 3.08. The average molecular weight is 227 g/mol. The zero-order valence-corrected chi connectivity index (χ0v) is 11.2. The van der Waals surface area contributed by atoms with Gasteiger partial charge in [0, 0.05) is 17.8 Å². The minimum atomic E-state index is 0.668. The predicted octanol–water partition coefficient (Wildman–Crippen LogP) is 3.61. The Balaban J connectivity index is 2.02. The maximum atomic E-state index is 3.65. The van der Waals surface area contributed by atoms with E-state index in [4.69, 9.17) is 0 Å². The van der Waals surface area contributed by atoms with Crippen molar-refractivity contribution >= 4 is 11.8 Å². The number of rotatable bonds is 6. The Morgan fingerprint density at radius 2 is 2.33 bits per heavy atom. The Labute approximate surface area is 99.1 Å². The predicted molar refractivity (Wildman–Crippen MR) is 71.6 cm³/mol. The van der Waals surface area contributed by atoms with Crippen LogP contribution >= 0.6 is 11.8 Å². The summed E-state index contributed by atoms with van der Waals surface area (Å²) in [6.07, 6.45) is 7.65. The molecule has 1 aliphatic heterocycles. The minimum Gasteiger partial charge on any atom is -0.313 e. The molecule has 1 saturated heterocycles. The topological polar surface area (TPSA) is 12.0 Å². The Morgan fingerprint density at radius 3 is 2.93 bits per heavy atom. The summed E-state index contributed by atoms with van der Waals surface area (Å²) in [5.41, 5.74) is 1.44. The van der Waals surface area contributed by atoms with Crippen molar-refractivity contribution in [2.24, 2.45) is 0 Å². The number of hydrogen-bond acceptors (Lipinski definition) is 2. The molecular weight excluding hydrogens is 202 g/mol. The molecule has 1 rings (SSSR count). The summed E-state index contributed by atoms with van der Waals surface area (Å²) in [7, 11) is 0. The van der Waals surface area contributed by atoms with Crippen LogP contribution in [0.1, 0.15) is 46.5 Å². The Kier molecular flexibility index (Phi) is 6.42. The van der Waals surface area contributed by atoms with Crippen LogP contribution < -0.4 is 5.32 Å². The number of thioether (sulfide) groups is 1. The highest BCUT2D eigenvalue weighted by atomic mass is 32.2. The molecular formula is C13H25NS. The number of hydrogen-bond donors (Lipinski definition) is 1. The highest BCUT2D eigenvalue weighted by molar-refractivity contribution is 8.00. The molecule has 1 aliphatic rings. The van der Waals surface area contributed by atoms with E-state index in [1.54, 1.807) is 0 Å². The van der Waals surface area contributed by atoms with Crippen molar-refractivity contribution in [3.63, 3.8) is 0 Å². The molecule has 0 aromatic carbocycles. The van der Waals surface area contributed by atoms with Crippen LogP contribution in [-0.2, 0) is 0 Å². The van der Waals surface area contributed by atoms with Crippen LogP contribution in [0.5, 0.6) is 0 Å². The van der Waals surface area contributed by atoms with Crippen LogP contribution in [0.2, 0.25) is 0 Å². The third-order valence-electron chi connectivity index (χ3n) is 2.87. The molecule has 15 heavy (non-hydrogen) atoms. The zero-order valence-electron chi connectivity index (χ0n) is 10.4. The van der Waals surface area contributed by atoms with Gasteiger partial charge in [-0.3, -0.25) is 0 Å². The largest absolute Gasteiger partial charge is 0.313 e. The molecule has 0 aliphatic carbocycles. The van der Waals surface area contributed by atoms with Crippen LogP contribution in [0.3, 0.4) is 0 Å². The van der Waals surface area contributed by atoms with E-state index < -0.39 is 0 Å². The van der Waals surface area contributed by atoms with Gasteiger partial charge in [0.15, 0.2) is 0 Å². The van der Waals surface area contributed by atoms with Crippen LogP contribution in [0.15, 0.2) is 11.6 Å². The molecule has 1 heterocycles. The van der Waals surface area contributed by atoms with Gasteiger partial charge in [-0.2, -0.15) is 11.8 Å². The molecule has 0 aromatic heterocycles. The molecule has 2 heteroatoms. The summed E-state index contributed by atoms with van der Waals surface area (Å²) >= 11 is 2.14. The monoisotopic (exact) mass is 227 g/mol. The van der Waals surface area contributed by atoms with E-state index in [9.17, 15) is 0 Å². The molecule has 0 spiro atoms. The van der Waals surface area contributed by atoms with Crippen LogP contribution in [0, 0.1) is 0 Å². The van der Waals surface area contributed by atoms with Crippen molar-refractivity contribution in [1.82, 2.24) is 5.32 Å². The fraction of sp³-hybridized carbons (Fsp3) is 0.846. The molecule has 1 fully saturated rings. The highest BCUT2D eigenvalue weighted by Gasteiger charge is 2.15. The summed E-state index contributed by atoms with van der Waals surface area (Å²) in [5.74, 6) is 1.37. The van der Waals surface area contributed by atoms with Gasteiger partial charge in [0.25, 0.3) is 0 Å².